The van der Waals surface area contributed by atoms with Crippen LogP contribution in [0.25, 0.3) is 11.3 Å². The van der Waals surface area contributed by atoms with Gasteiger partial charge in [-0.25, -0.2) is 4.98 Å². The third-order valence-corrected chi connectivity index (χ3v) is 5.03. The van der Waals surface area contributed by atoms with Crippen molar-refractivity contribution in [3.63, 3.8) is 0 Å². The number of aromatic nitrogens is 1. The van der Waals surface area contributed by atoms with Crippen LogP contribution >= 0.6 is 51.5 Å². The fourth-order valence-corrected chi connectivity index (χ4v) is 3.10. The molecule has 1 aromatic heterocycles. The minimum Gasteiger partial charge on any atom is -0.497 e. The van der Waals surface area contributed by atoms with Crippen molar-refractivity contribution in [2.75, 3.05) is 12.5 Å². The van der Waals surface area contributed by atoms with Gasteiger partial charge < -0.3 is 4.74 Å². The van der Waals surface area contributed by atoms with E-state index in [0.717, 1.165) is 28.3 Å². The van der Waals surface area contributed by atoms with E-state index >= 15 is 0 Å². The van der Waals surface area contributed by atoms with Crippen LogP contribution in [0.15, 0.2) is 52.9 Å². The van der Waals surface area contributed by atoms with Crippen LogP contribution < -0.4 is 10.2 Å². The van der Waals surface area contributed by atoms with Gasteiger partial charge in [0, 0.05) is 10.9 Å². The normalized spacial score (nSPS) is 11.0. The van der Waals surface area contributed by atoms with E-state index in [9.17, 15) is 0 Å². The van der Waals surface area contributed by atoms with Gasteiger partial charge in [0.15, 0.2) is 0 Å². The van der Waals surface area contributed by atoms with Gasteiger partial charge in [0.1, 0.15) is 5.75 Å². The van der Waals surface area contributed by atoms with E-state index in [1.807, 2.05) is 42.6 Å². The monoisotopic (exact) mass is 471 g/mol. The standard InChI is InChI=1S/C18H15Cl2N3OS.BrH/c1-11(13-5-8-15(19)16(20)9-13)22-23-18-21-17(10-25-18)12-3-6-14(24-2)7-4-12;/h3-10H,1-2H3,(H,21,23);1H/b22-11+;. The summed E-state index contributed by atoms with van der Waals surface area (Å²) in [6.07, 6.45) is 0. The van der Waals surface area contributed by atoms with Crippen molar-refractivity contribution in [2.45, 2.75) is 6.92 Å². The quantitative estimate of drug-likeness (QED) is 0.338. The Morgan fingerprint density at radius 3 is 2.50 bits per heavy atom. The zero-order valence-electron chi connectivity index (χ0n) is 14.0. The average molecular weight is 473 g/mol. The lowest BCUT2D eigenvalue weighted by Crippen LogP contribution is -1.99. The molecule has 26 heavy (non-hydrogen) atoms. The maximum Gasteiger partial charge on any atom is 0.203 e. The number of nitrogens with zero attached hydrogens (tertiary/aromatic N) is 2. The summed E-state index contributed by atoms with van der Waals surface area (Å²) in [6.45, 7) is 1.89. The van der Waals surface area contributed by atoms with E-state index in [0.29, 0.717) is 15.2 Å². The molecule has 1 N–H and O–H groups in total. The fraction of sp³-hybridized carbons (Fsp3) is 0.111. The van der Waals surface area contributed by atoms with E-state index in [1.165, 1.54) is 11.3 Å². The second-order valence-corrected chi connectivity index (χ2v) is 6.88. The van der Waals surface area contributed by atoms with Crippen molar-refractivity contribution in [1.82, 2.24) is 4.98 Å². The number of methoxy groups -OCH3 is 1. The van der Waals surface area contributed by atoms with Crippen LogP contribution in [0.4, 0.5) is 5.13 Å². The Labute approximate surface area is 176 Å². The molecule has 1 heterocycles. The lowest BCUT2D eigenvalue weighted by atomic mass is 10.1. The van der Waals surface area contributed by atoms with Crippen LogP contribution in [-0.4, -0.2) is 17.8 Å². The number of thiazole rings is 1. The molecule has 3 rings (SSSR count). The summed E-state index contributed by atoms with van der Waals surface area (Å²) in [4.78, 5) is 4.55. The first-order valence-electron chi connectivity index (χ1n) is 7.42. The molecule has 0 saturated heterocycles. The first-order chi connectivity index (χ1) is 12.1. The molecule has 4 nitrogen and oxygen atoms in total. The number of hydrogen-bond donors (Lipinski definition) is 1. The Morgan fingerprint density at radius 1 is 1.12 bits per heavy atom. The average Bonchev–Trinajstić information content (AvgIpc) is 3.11. The van der Waals surface area contributed by atoms with Gasteiger partial charge in [0.2, 0.25) is 5.13 Å². The summed E-state index contributed by atoms with van der Waals surface area (Å²) in [5, 5.41) is 8.08. The molecule has 136 valence electrons. The second-order valence-electron chi connectivity index (χ2n) is 5.20. The zero-order chi connectivity index (χ0) is 17.8. The maximum absolute atomic E-state index is 6.04. The van der Waals surface area contributed by atoms with Gasteiger partial charge in [0.05, 0.1) is 28.6 Å². The highest BCUT2D eigenvalue weighted by Gasteiger charge is 2.06. The van der Waals surface area contributed by atoms with Gasteiger partial charge in [-0.05, 0) is 48.9 Å². The summed E-state index contributed by atoms with van der Waals surface area (Å²) in [7, 11) is 1.65. The van der Waals surface area contributed by atoms with Crippen LogP contribution in [0.5, 0.6) is 5.75 Å². The molecule has 0 spiro atoms. The number of hydrogen-bond acceptors (Lipinski definition) is 5. The molecule has 0 aliphatic rings. The van der Waals surface area contributed by atoms with Crippen molar-refractivity contribution in [1.29, 1.82) is 0 Å². The number of nitrogens with one attached hydrogen (secondary N) is 1. The van der Waals surface area contributed by atoms with Gasteiger partial charge in [-0.2, -0.15) is 5.10 Å². The minimum absolute atomic E-state index is 0. The maximum atomic E-state index is 6.04. The van der Waals surface area contributed by atoms with Gasteiger partial charge in [-0.3, -0.25) is 5.43 Å². The largest absolute Gasteiger partial charge is 0.497 e. The molecule has 0 aliphatic carbocycles. The van der Waals surface area contributed by atoms with Gasteiger partial charge in [0.25, 0.3) is 0 Å². The highest BCUT2D eigenvalue weighted by Crippen LogP contribution is 2.27. The Kier molecular flexibility index (Phi) is 7.46. The molecule has 0 aliphatic heterocycles. The van der Waals surface area contributed by atoms with E-state index in [4.69, 9.17) is 27.9 Å². The predicted molar refractivity (Wildman–Crippen MR) is 117 cm³/mol. The van der Waals surface area contributed by atoms with E-state index in [2.05, 4.69) is 15.5 Å². The summed E-state index contributed by atoms with van der Waals surface area (Å²) in [6, 6.07) is 13.2. The summed E-state index contributed by atoms with van der Waals surface area (Å²) in [5.41, 5.74) is 6.58. The SMILES string of the molecule is Br.COc1ccc(-c2csc(N/N=C(\C)c3ccc(Cl)c(Cl)c3)n2)cc1. The van der Waals surface area contributed by atoms with Crippen molar-refractivity contribution < 1.29 is 4.74 Å². The van der Waals surface area contributed by atoms with Gasteiger partial charge >= 0.3 is 0 Å². The first kappa shape index (κ1) is 20.7. The number of benzene rings is 2. The van der Waals surface area contributed by atoms with Gasteiger partial charge in [-0.1, -0.05) is 29.3 Å². The molecule has 0 amide bonds. The van der Waals surface area contributed by atoms with Crippen LogP contribution in [-0.2, 0) is 0 Å². The molecule has 0 unspecified atom stereocenters. The molecule has 0 radical (unpaired) electrons. The van der Waals surface area contributed by atoms with Crippen LogP contribution in [0.1, 0.15) is 12.5 Å². The van der Waals surface area contributed by atoms with E-state index in [1.54, 1.807) is 19.2 Å². The highest BCUT2D eigenvalue weighted by atomic mass is 79.9. The molecular formula is C18H16BrCl2N3OS. The topological polar surface area (TPSA) is 46.5 Å². The third-order valence-electron chi connectivity index (χ3n) is 3.55. The Hall–Kier alpha value is -1.60. The Balaban J connectivity index is 0.00000243. The molecule has 2 aromatic carbocycles. The van der Waals surface area contributed by atoms with Crippen LogP contribution in [0.2, 0.25) is 10.0 Å². The molecule has 0 bridgehead atoms. The van der Waals surface area contributed by atoms with E-state index < -0.39 is 0 Å². The van der Waals surface area contributed by atoms with Crippen molar-refractivity contribution >= 4 is 62.4 Å². The molecule has 0 saturated carbocycles. The third kappa shape index (κ3) is 4.98. The fourth-order valence-electron chi connectivity index (χ4n) is 2.14. The van der Waals surface area contributed by atoms with Gasteiger partial charge in [-0.15, -0.1) is 28.3 Å². The van der Waals surface area contributed by atoms with Crippen LogP contribution in [0, 0.1) is 0 Å². The number of anilines is 1. The predicted octanol–water partition coefficient (Wildman–Crippen LogP) is 6.54. The highest BCUT2D eigenvalue weighted by molar-refractivity contribution is 8.93. The second kappa shape index (κ2) is 9.37. The number of ether oxygens (including phenoxy) is 1. The summed E-state index contributed by atoms with van der Waals surface area (Å²) < 4.78 is 5.17. The Morgan fingerprint density at radius 2 is 1.85 bits per heavy atom. The zero-order valence-corrected chi connectivity index (χ0v) is 18.0. The molecular weight excluding hydrogens is 457 g/mol. The summed E-state index contributed by atoms with van der Waals surface area (Å²) in [5.74, 6) is 0.819. The molecule has 0 fully saturated rings. The molecule has 3 aromatic rings. The lowest BCUT2D eigenvalue weighted by molar-refractivity contribution is 0.415. The van der Waals surface area contributed by atoms with Crippen molar-refractivity contribution in [3.8, 4) is 17.0 Å². The van der Waals surface area contributed by atoms with Crippen LogP contribution in [0.3, 0.4) is 0 Å². The smallest absolute Gasteiger partial charge is 0.203 e. The Bertz CT molecular complexity index is 913. The lowest BCUT2D eigenvalue weighted by Gasteiger charge is -2.03. The number of halogens is 3. The van der Waals surface area contributed by atoms with Crippen molar-refractivity contribution in [3.05, 3.63) is 63.5 Å². The number of rotatable bonds is 5. The molecule has 8 heteroatoms. The number of hydrazone groups is 1. The first-order valence-corrected chi connectivity index (χ1v) is 9.06. The minimum atomic E-state index is 0. The summed E-state index contributed by atoms with van der Waals surface area (Å²) >= 11 is 13.5. The van der Waals surface area contributed by atoms with E-state index in [-0.39, 0.29) is 17.0 Å². The molecule has 0 atom stereocenters. The van der Waals surface area contributed by atoms with Crippen molar-refractivity contribution in [2.24, 2.45) is 5.10 Å².